The van der Waals surface area contributed by atoms with Crippen LogP contribution in [0.2, 0.25) is 5.04 Å². The second-order valence-corrected chi connectivity index (χ2v) is 18.9. The standard InChI is InChI=1S/C38H47NO6Si/c1-7-18-39-35(41)30-21-27(23-44-46(37(4,5)6,28-14-10-8-11-15-28)29-16-12-9-13-17-29)38(43)31(33(30)36(39)42)22-32(45-38)26-19-24(2)34(40)25(3)20-26/h8-17,19-20,27,30-33,40,43H,7,18,21-23H2,1-6H3/t27-,30+,31+,32+,33+,38-/m1/s1. The van der Waals surface area contributed by atoms with Gasteiger partial charge in [0.1, 0.15) is 5.75 Å². The fraction of sp³-hybridized carbons (Fsp3) is 0.474. The number of phenolic OH excluding ortho intramolecular Hbond substituents is 1. The Bertz CT molecular complexity index is 1540. The molecule has 2 aliphatic heterocycles. The molecular weight excluding hydrogens is 595 g/mol. The summed E-state index contributed by atoms with van der Waals surface area (Å²) in [6.45, 7) is 12.9. The van der Waals surface area contributed by atoms with Crippen molar-refractivity contribution in [1.29, 1.82) is 0 Å². The van der Waals surface area contributed by atoms with Gasteiger partial charge in [0.15, 0.2) is 5.79 Å². The van der Waals surface area contributed by atoms with E-state index >= 15 is 0 Å². The molecule has 6 rings (SSSR count). The normalized spacial score (nSPS) is 28.0. The third kappa shape index (κ3) is 5.14. The Kier molecular flexibility index (Phi) is 8.55. The summed E-state index contributed by atoms with van der Waals surface area (Å²) in [4.78, 5) is 29.0. The lowest BCUT2D eigenvalue weighted by atomic mass is 9.64. The number of imide groups is 1. The number of ether oxygens (including phenoxy) is 1. The number of hydrogen-bond donors (Lipinski definition) is 2. The Hall–Kier alpha value is -3.30. The molecule has 2 saturated heterocycles. The van der Waals surface area contributed by atoms with Gasteiger partial charge in [0.05, 0.1) is 17.9 Å². The Morgan fingerprint density at radius 2 is 1.50 bits per heavy atom. The van der Waals surface area contributed by atoms with Gasteiger partial charge < -0.3 is 19.4 Å². The first-order chi connectivity index (χ1) is 21.8. The fourth-order valence-electron chi connectivity index (χ4n) is 8.55. The molecule has 2 N–H and O–H groups in total. The summed E-state index contributed by atoms with van der Waals surface area (Å²) in [5.41, 5.74) is 2.30. The van der Waals surface area contributed by atoms with Crippen LogP contribution in [0.5, 0.6) is 5.75 Å². The zero-order chi connectivity index (χ0) is 33.0. The summed E-state index contributed by atoms with van der Waals surface area (Å²) in [5.74, 6) is -4.06. The molecule has 8 heteroatoms. The number of carbonyl (C=O) groups is 2. The van der Waals surface area contributed by atoms with E-state index in [-0.39, 0.29) is 29.2 Å². The highest BCUT2D eigenvalue weighted by atomic mass is 28.4. The maximum absolute atomic E-state index is 13.8. The summed E-state index contributed by atoms with van der Waals surface area (Å²) in [7, 11) is -2.96. The van der Waals surface area contributed by atoms with Crippen LogP contribution in [0.4, 0.5) is 0 Å². The largest absolute Gasteiger partial charge is 0.507 e. The first-order valence-corrected chi connectivity index (χ1v) is 18.5. The second kappa shape index (κ2) is 12.1. The van der Waals surface area contributed by atoms with Crippen LogP contribution in [0.3, 0.4) is 0 Å². The number of aromatic hydroxyl groups is 1. The van der Waals surface area contributed by atoms with Crippen molar-refractivity contribution in [2.75, 3.05) is 13.2 Å². The van der Waals surface area contributed by atoms with Crippen LogP contribution in [-0.4, -0.2) is 54.2 Å². The van der Waals surface area contributed by atoms with Gasteiger partial charge in [-0.05, 0) is 77.3 Å². The average molecular weight is 642 g/mol. The molecule has 3 fully saturated rings. The van der Waals surface area contributed by atoms with E-state index in [0.29, 0.717) is 25.8 Å². The number of fused-ring (bicyclic) bond motifs is 3. The van der Waals surface area contributed by atoms with Crippen molar-refractivity contribution in [3.05, 3.63) is 89.5 Å². The number of nitrogens with zero attached hydrogens (tertiary/aromatic N) is 1. The maximum atomic E-state index is 13.8. The van der Waals surface area contributed by atoms with Crippen molar-refractivity contribution < 1.29 is 29.0 Å². The summed E-state index contributed by atoms with van der Waals surface area (Å²) in [5, 5.41) is 25.1. The zero-order valence-corrected chi connectivity index (χ0v) is 28.8. The quantitative estimate of drug-likeness (QED) is 0.253. The predicted octanol–water partition coefficient (Wildman–Crippen LogP) is 5.38. The monoisotopic (exact) mass is 641 g/mol. The number of phenols is 1. The molecule has 0 bridgehead atoms. The van der Waals surface area contributed by atoms with Gasteiger partial charge in [-0.2, -0.15) is 0 Å². The van der Waals surface area contributed by atoms with Gasteiger partial charge in [-0.15, -0.1) is 0 Å². The Labute approximate surface area is 273 Å². The Morgan fingerprint density at radius 1 is 0.935 bits per heavy atom. The highest BCUT2D eigenvalue weighted by molar-refractivity contribution is 6.99. The van der Waals surface area contributed by atoms with Crippen LogP contribution in [0.15, 0.2) is 72.8 Å². The van der Waals surface area contributed by atoms with Crippen LogP contribution in [0.1, 0.15) is 69.8 Å². The van der Waals surface area contributed by atoms with Crippen molar-refractivity contribution in [3.63, 3.8) is 0 Å². The van der Waals surface area contributed by atoms with E-state index in [1.807, 2.05) is 69.3 Å². The number of hydrogen-bond acceptors (Lipinski definition) is 6. The Morgan fingerprint density at radius 3 is 2.02 bits per heavy atom. The van der Waals surface area contributed by atoms with Gasteiger partial charge in [0.2, 0.25) is 11.8 Å². The summed E-state index contributed by atoms with van der Waals surface area (Å²) in [6, 6.07) is 24.5. The van der Waals surface area contributed by atoms with Crippen molar-refractivity contribution >= 4 is 30.5 Å². The number of amides is 2. The van der Waals surface area contributed by atoms with Crippen molar-refractivity contribution in [2.24, 2.45) is 23.7 Å². The third-order valence-corrected chi connectivity index (χ3v) is 15.7. The first kappa shape index (κ1) is 32.6. The number of aryl methyl sites for hydroxylation is 2. The lowest BCUT2D eigenvalue weighted by molar-refractivity contribution is -0.273. The number of benzene rings is 3. The zero-order valence-electron chi connectivity index (χ0n) is 27.8. The minimum atomic E-state index is -2.96. The molecule has 0 spiro atoms. The topological polar surface area (TPSA) is 96.3 Å². The van der Waals surface area contributed by atoms with Crippen LogP contribution >= 0.6 is 0 Å². The number of likely N-dealkylation sites (tertiary alicyclic amines) is 1. The molecule has 1 saturated carbocycles. The van der Waals surface area contributed by atoms with E-state index in [4.69, 9.17) is 9.16 Å². The molecule has 7 nitrogen and oxygen atoms in total. The predicted molar refractivity (Wildman–Crippen MR) is 180 cm³/mol. The van der Waals surface area contributed by atoms with Gasteiger partial charge in [-0.25, -0.2) is 0 Å². The molecular formula is C38H47NO6Si. The molecule has 0 radical (unpaired) electrons. The van der Waals surface area contributed by atoms with E-state index in [0.717, 1.165) is 27.1 Å². The lowest BCUT2D eigenvalue weighted by Crippen LogP contribution is -2.67. The van der Waals surface area contributed by atoms with Gasteiger partial charge in [0, 0.05) is 25.0 Å². The molecule has 3 aromatic carbocycles. The smallest absolute Gasteiger partial charge is 0.261 e. The van der Waals surface area contributed by atoms with Gasteiger partial charge in [-0.1, -0.05) is 88.4 Å². The molecule has 0 aromatic heterocycles. The molecule has 3 aromatic rings. The number of aliphatic hydroxyl groups is 1. The number of rotatable bonds is 8. The van der Waals surface area contributed by atoms with Crippen LogP contribution < -0.4 is 10.4 Å². The van der Waals surface area contributed by atoms with E-state index in [9.17, 15) is 19.8 Å². The van der Waals surface area contributed by atoms with E-state index in [2.05, 4.69) is 45.0 Å². The molecule has 6 atom stereocenters. The highest BCUT2D eigenvalue weighted by Gasteiger charge is 2.67. The van der Waals surface area contributed by atoms with Gasteiger partial charge in [-0.3, -0.25) is 14.5 Å². The lowest BCUT2D eigenvalue weighted by Gasteiger charge is -2.48. The van der Waals surface area contributed by atoms with Gasteiger partial charge >= 0.3 is 0 Å². The van der Waals surface area contributed by atoms with Crippen LogP contribution in [0.25, 0.3) is 0 Å². The van der Waals surface area contributed by atoms with Crippen LogP contribution in [0, 0.1) is 37.5 Å². The van der Waals surface area contributed by atoms with E-state index in [1.54, 1.807) is 0 Å². The van der Waals surface area contributed by atoms with Crippen LogP contribution in [-0.2, 0) is 18.8 Å². The van der Waals surface area contributed by atoms with Crippen molar-refractivity contribution in [2.45, 2.75) is 77.7 Å². The molecule has 244 valence electrons. The summed E-state index contributed by atoms with van der Waals surface area (Å²) >= 11 is 0. The molecule has 0 unspecified atom stereocenters. The minimum absolute atomic E-state index is 0.144. The summed E-state index contributed by atoms with van der Waals surface area (Å²) < 4.78 is 14.0. The highest BCUT2D eigenvalue weighted by Crippen LogP contribution is 2.58. The average Bonchev–Trinajstić information content (AvgIpc) is 3.50. The summed E-state index contributed by atoms with van der Waals surface area (Å²) in [6.07, 6.45) is 0.888. The SMILES string of the molecule is CCCN1C(=O)[C@H]2[C@H](C[C@H](CO[Si](c3ccccc3)(c3ccccc3)C(C)(C)C)[C@@]3(O)O[C@H](c4cc(C)c(O)c(C)c4)C[C@@H]23)C1=O. The fourth-order valence-corrected chi connectivity index (χ4v) is 13.2. The second-order valence-electron chi connectivity index (χ2n) is 14.6. The van der Waals surface area contributed by atoms with Crippen molar-refractivity contribution in [3.8, 4) is 5.75 Å². The number of carbonyl (C=O) groups excluding carboxylic acids is 2. The molecule has 2 heterocycles. The Balaban J connectivity index is 1.42. The third-order valence-electron chi connectivity index (χ3n) is 10.7. The van der Waals surface area contributed by atoms with E-state index in [1.165, 1.54) is 4.90 Å². The van der Waals surface area contributed by atoms with E-state index < -0.39 is 43.9 Å². The first-order valence-electron chi connectivity index (χ1n) is 16.6. The molecule has 46 heavy (non-hydrogen) atoms. The molecule has 1 aliphatic carbocycles. The minimum Gasteiger partial charge on any atom is -0.507 e. The molecule has 3 aliphatic rings. The van der Waals surface area contributed by atoms with Gasteiger partial charge in [0.25, 0.3) is 8.32 Å². The molecule has 2 amide bonds. The van der Waals surface area contributed by atoms with Crippen molar-refractivity contribution in [1.82, 2.24) is 4.90 Å². The maximum Gasteiger partial charge on any atom is 0.261 e.